The molecule has 94 valence electrons. The van der Waals surface area contributed by atoms with Crippen molar-refractivity contribution in [2.75, 3.05) is 5.43 Å². The molecule has 0 aliphatic carbocycles. The number of aromatic nitrogens is 3. The number of nitrogen functional groups attached to an aromatic ring is 1. The minimum atomic E-state index is -0.135. The minimum absolute atomic E-state index is 0.135. The molecule has 0 spiro atoms. The monoisotopic (exact) mass is 263 g/mol. The van der Waals surface area contributed by atoms with E-state index in [0.717, 1.165) is 5.56 Å². The van der Waals surface area contributed by atoms with Crippen LogP contribution in [0.4, 0.5) is 5.82 Å². The first-order valence-electron chi connectivity index (χ1n) is 5.29. The van der Waals surface area contributed by atoms with Crippen LogP contribution in [-0.4, -0.2) is 15.0 Å². The Morgan fingerprint density at radius 1 is 1.50 bits per heavy atom. The van der Waals surface area contributed by atoms with E-state index in [1.54, 1.807) is 13.1 Å². The number of thioether (sulfide) groups is 1. The number of rotatable bonds is 4. The summed E-state index contributed by atoms with van der Waals surface area (Å²) in [5, 5.41) is 0.610. The summed E-state index contributed by atoms with van der Waals surface area (Å²) in [5.74, 6) is 6.58. The molecule has 2 heterocycles. The van der Waals surface area contributed by atoms with Crippen LogP contribution in [0.15, 0.2) is 34.3 Å². The average molecular weight is 263 g/mol. The van der Waals surface area contributed by atoms with Crippen molar-refractivity contribution in [2.24, 2.45) is 5.84 Å². The van der Waals surface area contributed by atoms with Gasteiger partial charge >= 0.3 is 0 Å². The second-order valence-electron chi connectivity index (χ2n) is 3.67. The quantitative estimate of drug-likeness (QED) is 0.330. The maximum atomic E-state index is 11.3. The van der Waals surface area contributed by atoms with E-state index in [-0.39, 0.29) is 5.56 Å². The summed E-state index contributed by atoms with van der Waals surface area (Å²) in [5.41, 5.74) is 4.11. The molecule has 0 aromatic carbocycles. The van der Waals surface area contributed by atoms with Crippen molar-refractivity contribution in [1.82, 2.24) is 15.0 Å². The number of H-pyrrole nitrogens is 1. The Labute approximate surface area is 108 Å². The van der Waals surface area contributed by atoms with E-state index in [1.807, 2.05) is 12.1 Å². The normalized spacial score (nSPS) is 10.3. The average Bonchev–Trinajstić information content (AvgIpc) is 2.35. The minimum Gasteiger partial charge on any atom is -0.308 e. The zero-order valence-corrected chi connectivity index (χ0v) is 10.6. The number of nitrogens with two attached hydrogens (primary N) is 1. The molecule has 0 aliphatic rings. The smallest absolute Gasteiger partial charge is 0.251 e. The van der Waals surface area contributed by atoms with Crippen LogP contribution in [0.3, 0.4) is 0 Å². The molecule has 0 saturated carbocycles. The van der Waals surface area contributed by atoms with Crippen LogP contribution in [0.2, 0.25) is 0 Å². The fraction of sp³-hybridized carbons (Fsp3) is 0.182. The highest BCUT2D eigenvalue weighted by Crippen LogP contribution is 2.19. The second-order valence-corrected chi connectivity index (χ2v) is 4.64. The lowest BCUT2D eigenvalue weighted by Gasteiger charge is -2.04. The first kappa shape index (κ1) is 12.6. The molecule has 0 atom stereocenters. The van der Waals surface area contributed by atoms with Gasteiger partial charge in [0, 0.05) is 23.7 Å². The molecule has 2 rings (SSSR count). The van der Waals surface area contributed by atoms with Crippen LogP contribution in [0.1, 0.15) is 11.3 Å². The Kier molecular flexibility index (Phi) is 3.96. The van der Waals surface area contributed by atoms with E-state index in [4.69, 9.17) is 5.84 Å². The number of aryl methyl sites for hydroxylation is 1. The fourth-order valence-electron chi connectivity index (χ4n) is 1.41. The molecule has 0 saturated heterocycles. The number of hydrazine groups is 1. The lowest BCUT2D eigenvalue weighted by molar-refractivity contribution is 0.905. The Morgan fingerprint density at radius 2 is 2.33 bits per heavy atom. The highest BCUT2D eigenvalue weighted by Gasteiger charge is 2.01. The molecule has 18 heavy (non-hydrogen) atoms. The van der Waals surface area contributed by atoms with Crippen LogP contribution >= 0.6 is 11.8 Å². The van der Waals surface area contributed by atoms with E-state index in [9.17, 15) is 4.79 Å². The highest BCUT2D eigenvalue weighted by atomic mass is 32.2. The van der Waals surface area contributed by atoms with Gasteiger partial charge in [-0.25, -0.2) is 15.8 Å². The molecule has 2 aromatic rings. The third kappa shape index (κ3) is 3.31. The van der Waals surface area contributed by atoms with Crippen molar-refractivity contribution in [1.29, 1.82) is 0 Å². The van der Waals surface area contributed by atoms with E-state index in [0.29, 0.717) is 22.4 Å². The maximum absolute atomic E-state index is 11.3. The van der Waals surface area contributed by atoms with Crippen molar-refractivity contribution in [3.63, 3.8) is 0 Å². The molecule has 6 nitrogen and oxygen atoms in total. The summed E-state index contributed by atoms with van der Waals surface area (Å²) in [6.07, 6.45) is 1.68. The molecule has 0 fully saturated rings. The number of hydrogen-bond donors (Lipinski definition) is 3. The first-order chi connectivity index (χ1) is 8.67. The van der Waals surface area contributed by atoms with Gasteiger partial charge in [0.1, 0.15) is 5.82 Å². The van der Waals surface area contributed by atoms with Crippen LogP contribution in [-0.2, 0) is 5.75 Å². The van der Waals surface area contributed by atoms with Crippen LogP contribution in [0, 0.1) is 6.92 Å². The molecule has 0 radical (unpaired) electrons. The molecule has 7 heteroatoms. The van der Waals surface area contributed by atoms with E-state index in [2.05, 4.69) is 20.4 Å². The Balaban J connectivity index is 2.08. The third-order valence-electron chi connectivity index (χ3n) is 2.20. The summed E-state index contributed by atoms with van der Waals surface area (Å²) in [6, 6.07) is 5.20. The lowest BCUT2D eigenvalue weighted by atomic mass is 10.3. The van der Waals surface area contributed by atoms with E-state index < -0.39 is 0 Å². The van der Waals surface area contributed by atoms with Gasteiger partial charge < -0.3 is 10.4 Å². The number of pyridine rings is 1. The van der Waals surface area contributed by atoms with Crippen LogP contribution in [0.25, 0.3) is 0 Å². The molecule has 0 unspecified atom stereocenters. The molecule has 4 N–H and O–H groups in total. The van der Waals surface area contributed by atoms with Crippen LogP contribution in [0.5, 0.6) is 0 Å². The summed E-state index contributed by atoms with van der Waals surface area (Å²) in [6.45, 7) is 1.79. The van der Waals surface area contributed by atoms with E-state index in [1.165, 1.54) is 17.8 Å². The van der Waals surface area contributed by atoms with Crippen molar-refractivity contribution in [3.05, 3.63) is 46.0 Å². The van der Waals surface area contributed by atoms with Crippen molar-refractivity contribution < 1.29 is 0 Å². The lowest BCUT2D eigenvalue weighted by Crippen LogP contribution is -2.09. The second kappa shape index (κ2) is 5.65. The zero-order valence-electron chi connectivity index (χ0n) is 9.80. The SMILES string of the molecule is Cc1cc(=O)[nH]c(SCc2ccnc(NN)c2)n1. The number of nitrogens with zero attached hydrogens (tertiary/aromatic N) is 2. The number of anilines is 1. The summed E-state index contributed by atoms with van der Waals surface area (Å²) in [7, 11) is 0. The number of nitrogens with one attached hydrogen (secondary N) is 2. The molecule has 0 aliphatic heterocycles. The first-order valence-corrected chi connectivity index (χ1v) is 6.28. The van der Waals surface area contributed by atoms with Crippen molar-refractivity contribution >= 4 is 17.6 Å². The predicted octanol–water partition coefficient (Wildman–Crippen LogP) is 1.05. The predicted molar refractivity (Wildman–Crippen MR) is 71.2 cm³/mol. The number of aromatic amines is 1. The number of hydrogen-bond acceptors (Lipinski definition) is 6. The highest BCUT2D eigenvalue weighted by molar-refractivity contribution is 7.98. The van der Waals surface area contributed by atoms with Crippen molar-refractivity contribution in [3.8, 4) is 0 Å². The third-order valence-corrected chi connectivity index (χ3v) is 3.14. The molecular formula is C11H13N5OS. The topological polar surface area (TPSA) is 96.7 Å². The van der Waals surface area contributed by atoms with Gasteiger partial charge in [-0.1, -0.05) is 11.8 Å². The Hall–Kier alpha value is -1.86. The molecule has 2 aromatic heterocycles. The van der Waals surface area contributed by atoms with Gasteiger partial charge in [0.25, 0.3) is 5.56 Å². The standard InChI is InChI=1S/C11H13N5OS/c1-7-4-10(17)15-11(14-7)18-6-8-2-3-13-9(5-8)16-12/h2-5H,6,12H2,1H3,(H,13,16)(H,14,15,17). The summed E-state index contributed by atoms with van der Waals surface area (Å²) in [4.78, 5) is 22.2. The van der Waals surface area contributed by atoms with Gasteiger partial charge in [0.15, 0.2) is 5.16 Å². The summed E-state index contributed by atoms with van der Waals surface area (Å²) >= 11 is 1.46. The van der Waals surface area contributed by atoms with E-state index >= 15 is 0 Å². The molecular weight excluding hydrogens is 250 g/mol. The maximum Gasteiger partial charge on any atom is 0.251 e. The van der Waals surface area contributed by atoms with Crippen LogP contribution < -0.4 is 16.8 Å². The van der Waals surface area contributed by atoms with Crippen molar-refractivity contribution in [2.45, 2.75) is 17.8 Å². The largest absolute Gasteiger partial charge is 0.308 e. The Morgan fingerprint density at radius 3 is 3.06 bits per heavy atom. The molecule has 0 bridgehead atoms. The fourth-order valence-corrected chi connectivity index (χ4v) is 2.28. The van der Waals surface area contributed by atoms with Gasteiger partial charge in [-0.15, -0.1) is 0 Å². The van der Waals surface area contributed by atoms with Gasteiger partial charge in [-0.05, 0) is 24.6 Å². The summed E-state index contributed by atoms with van der Waals surface area (Å²) < 4.78 is 0. The zero-order chi connectivity index (χ0) is 13.0. The van der Waals surface area contributed by atoms with Gasteiger partial charge in [-0.3, -0.25) is 4.79 Å². The van der Waals surface area contributed by atoms with Gasteiger partial charge in [0.2, 0.25) is 0 Å². The molecule has 0 amide bonds. The Bertz CT molecular complexity index is 598. The van der Waals surface area contributed by atoms with Gasteiger partial charge in [-0.2, -0.15) is 0 Å². The van der Waals surface area contributed by atoms with Gasteiger partial charge in [0.05, 0.1) is 0 Å².